The molecule has 0 bridgehead atoms. The van der Waals surface area contributed by atoms with E-state index in [0.717, 1.165) is 27.3 Å². The number of hydrogen-bond donors (Lipinski definition) is 0. The van der Waals surface area contributed by atoms with E-state index in [-0.39, 0.29) is 21.1 Å². The number of pyridine rings is 1. The van der Waals surface area contributed by atoms with Crippen LogP contribution in [0.15, 0.2) is 103 Å². The first-order valence-corrected chi connectivity index (χ1v) is 12.7. The van der Waals surface area contributed by atoms with Crippen LogP contribution in [0, 0.1) is 32.9 Å². The monoisotopic (exact) mass is 677 g/mol. The summed E-state index contributed by atoms with van der Waals surface area (Å²) < 4.78 is 1.21. The predicted octanol–water partition coefficient (Wildman–Crippen LogP) is 8.90. The molecular weight excluding hydrogens is 652 g/mol. The van der Waals surface area contributed by atoms with Gasteiger partial charge >= 0.3 is 21.1 Å². The Morgan fingerprint density at radius 2 is 1.46 bits per heavy atom. The third-order valence-electron chi connectivity index (χ3n) is 5.96. The molecule has 2 aromatic heterocycles. The Morgan fingerprint density at radius 3 is 2.16 bits per heavy atom. The molecule has 6 aromatic rings. The Morgan fingerprint density at radius 1 is 0.730 bits per heavy atom. The molecule has 6 rings (SSSR count). The number of fused-ring (bicyclic) bond motifs is 1. The van der Waals surface area contributed by atoms with E-state index in [9.17, 15) is 0 Å². The summed E-state index contributed by atoms with van der Waals surface area (Å²) in [6, 6.07) is 39.5. The van der Waals surface area contributed by atoms with Crippen molar-refractivity contribution in [3.63, 3.8) is 0 Å². The molecule has 2 nitrogen and oxygen atoms in total. The van der Waals surface area contributed by atoms with Crippen LogP contribution in [-0.4, -0.2) is 9.97 Å². The van der Waals surface area contributed by atoms with Crippen LogP contribution < -0.4 is 0 Å². The normalized spacial score (nSPS) is 10.4. The van der Waals surface area contributed by atoms with Crippen molar-refractivity contribution in [2.45, 2.75) is 20.8 Å². The molecule has 0 saturated heterocycles. The van der Waals surface area contributed by atoms with Crippen LogP contribution in [0.25, 0.3) is 43.2 Å². The second kappa shape index (κ2) is 12.2. The maximum absolute atomic E-state index is 4.54. The van der Waals surface area contributed by atoms with Crippen molar-refractivity contribution in [2.75, 3.05) is 0 Å². The summed E-state index contributed by atoms with van der Waals surface area (Å²) >= 11 is 1.68. The molecule has 37 heavy (non-hydrogen) atoms. The Bertz CT molecular complexity index is 1550. The van der Waals surface area contributed by atoms with Gasteiger partial charge in [0.05, 0.1) is 15.9 Å². The maximum Gasteiger partial charge on any atom is 2.00 e. The molecule has 0 spiro atoms. The third kappa shape index (κ3) is 6.13. The molecule has 0 amide bonds. The average Bonchev–Trinajstić information content (AvgIpc) is 3.34. The second-order valence-electron chi connectivity index (χ2n) is 8.71. The molecule has 4 heteroatoms. The first-order chi connectivity index (χ1) is 17.6. The number of nitrogens with zero attached hydrogens (tertiary/aromatic N) is 2. The molecule has 0 aliphatic heterocycles. The van der Waals surface area contributed by atoms with Crippen LogP contribution in [-0.2, 0) is 21.1 Å². The van der Waals surface area contributed by atoms with Gasteiger partial charge < -0.3 is 0 Å². The summed E-state index contributed by atoms with van der Waals surface area (Å²) in [7, 11) is 0. The number of thiazole rings is 1. The first kappa shape index (κ1) is 26.7. The van der Waals surface area contributed by atoms with Crippen molar-refractivity contribution < 1.29 is 21.1 Å². The minimum Gasteiger partial charge on any atom is -0.254 e. The number of aryl methyl sites for hydroxylation is 3. The fourth-order valence-electron chi connectivity index (χ4n) is 4.49. The molecule has 0 fully saturated rings. The fraction of sp³-hybridized carbons (Fsp3) is 0.0909. The minimum atomic E-state index is 0. The van der Waals surface area contributed by atoms with Crippen molar-refractivity contribution in [3.8, 4) is 33.0 Å². The van der Waals surface area contributed by atoms with Gasteiger partial charge in [-0.3, -0.25) is 4.98 Å². The summed E-state index contributed by atoms with van der Waals surface area (Å²) in [5, 5.41) is 0.983. The molecule has 0 aliphatic rings. The molecule has 0 aliphatic carbocycles. The summed E-state index contributed by atoms with van der Waals surface area (Å²) in [6.45, 7) is 6.51. The van der Waals surface area contributed by atoms with E-state index in [1.54, 1.807) is 17.5 Å². The van der Waals surface area contributed by atoms with Gasteiger partial charge in [0.15, 0.2) is 0 Å². The van der Waals surface area contributed by atoms with Gasteiger partial charge in [0, 0.05) is 6.20 Å². The molecule has 4 aromatic carbocycles. The zero-order valence-electron chi connectivity index (χ0n) is 20.9. The van der Waals surface area contributed by atoms with E-state index in [4.69, 9.17) is 0 Å². The van der Waals surface area contributed by atoms with Crippen molar-refractivity contribution in [1.82, 2.24) is 9.97 Å². The van der Waals surface area contributed by atoms with Gasteiger partial charge in [-0.05, 0) is 45.0 Å². The van der Waals surface area contributed by atoms with E-state index in [1.807, 2.05) is 60.7 Å². The largest absolute Gasteiger partial charge is 2.00 e. The second-order valence-corrected chi connectivity index (χ2v) is 9.74. The molecule has 0 N–H and O–H groups in total. The van der Waals surface area contributed by atoms with Crippen LogP contribution in [0.1, 0.15) is 16.7 Å². The maximum atomic E-state index is 4.54. The fourth-order valence-corrected chi connectivity index (χ4v) is 5.44. The Kier molecular flexibility index (Phi) is 8.82. The van der Waals surface area contributed by atoms with Crippen LogP contribution in [0.4, 0.5) is 0 Å². The van der Waals surface area contributed by atoms with Crippen LogP contribution >= 0.6 is 11.3 Å². The third-order valence-corrected chi connectivity index (χ3v) is 7.02. The van der Waals surface area contributed by atoms with Gasteiger partial charge in [0.2, 0.25) is 0 Å². The zero-order valence-corrected chi connectivity index (χ0v) is 24.0. The quantitative estimate of drug-likeness (QED) is 0.175. The summed E-state index contributed by atoms with van der Waals surface area (Å²) in [5.74, 6) is 0. The molecular formula is C33H26N2PtS. The molecule has 184 valence electrons. The van der Waals surface area contributed by atoms with Crippen molar-refractivity contribution in [1.29, 1.82) is 0 Å². The van der Waals surface area contributed by atoms with E-state index in [0.29, 0.717) is 0 Å². The molecule has 0 unspecified atom stereocenters. The van der Waals surface area contributed by atoms with Crippen LogP contribution in [0.2, 0.25) is 0 Å². The number of rotatable bonds is 3. The molecule has 0 radical (unpaired) electrons. The summed E-state index contributed by atoms with van der Waals surface area (Å²) in [4.78, 5) is 8.83. The van der Waals surface area contributed by atoms with Crippen LogP contribution in [0.3, 0.4) is 0 Å². The van der Waals surface area contributed by atoms with Gasteiger partial charge in [0.25, 0.3) is 0 Å². The topological polar surface area (TPSA) is 25.8 Å². The van der Waals surface area contributed by atoms with Crippen molar-refractivity contribution >= 4 is 21.6 Å². The SMILES string of the molecule is Cc1cc(C)c(-c2ccc[c-]c2-c2[c-]cccc2)c(C)c1.[Pt+2].c1ccc(-c2nc3ccccc3s2)nc1. The Hall–Kier alpha value is -3.39. The predicted molar refractivity (Wildman–Crippen MR) is 152 cm³/mol. The van der Waals surface area contributed by atoms with Crippen LogP contribution in [0.5, 0.6) is 0 Å². The standard InChI is InChI=1S/C21H18.C12H8N2S.Pt/c1-15-13-16(2)21(17(3)14-15)20-12-8-7-11-19(20)18-9-5-4-6-10-18;1-2-7-11-9(5-1)14-12(15-11)10-6-3-4-8-13-10;/h4-9,12-14H,1-3H3;1-8H;/q-2;;+2. The Labute approximate surface area is 237 Å². The van der Waals surface area contributed by atoms with E-state index in [2.05, 4.69) is 79.3 Å². The van der Waals surface area contributed by atoms with Gasteiger partial charge in [0.1, 0.15) is 5.01 Å². The van der Waals surface area contributed by atoms with Crippen molar-refractivity contribution in [3.05, 3.63) is 132 Å². The number of benzene rings is 4. The molecule has 0 atom stereocenters. The van der Waals surface area contributed by atoms with Gasteiger partial charge in [-0.25, -0.2) is 16.1 Å². The summed E-state index contributed by atoms with van der Waals surface area (Å²) in [6.07, 6.45) is 1.79. The first-order valence-electron chi connectivity index (χ1n) is 11.9. The van der Waals surface area contributed by atoms with Gasteiger partial charge in [-0.15, -0.1) is 35.1 Å². The van der Waals surface area contributed by atoms with E-state index >= 15 is 0 Å². The van der Waals surface area contributed by atoms with Crippen molar-refractivity contribution in [2.24, 2.45) is 0 Å². The minimum absolute atomic E-state index is 0. The molecule has 0 saturated carbocycles. The number of hydrogen-bond acceptors (Lipinski definition) is 3. The van der Waals surface area contributed by atoms with Gasteiger partial charge in [-0.1, -0.05) is 52.6 Å². The number of para-hydroxylation sites is 1. The smallest absolute Gasteiger partial charge is 0.254 e. The zero-order chi connectivity index (χ0) is 24.9. The number of aromatic nitrogens is 2. The van der Waals surface area contributed by atoms with E-state index < -0.39 is 0 Å². The molecule has 2 heterocycles. The average molecular weight is 678 g/mol. The summed E-state index contributed by atoms with van der Waals surface area (Å²) in [5.41, 5.74) is 10.7. The van der Waals surface area contributed by atoms with E-state index in [1.165, 1.54) is 32.5 Å². The van der Waals surface area contributed by atoms with Gasteiger partial charge in [-0.2, -0.15) is 36.4 Å². The Balaban J connectivity index is 0.000000177.